The SMILES string of the molecule is CCC1C(CO)CCCN1C(=S)COc1ccccc1C1CCC(C)CC1. The van der Waals surface area contributed by atoms with E-state index in [9.17, 15) is 5.11 Å². The highest BCUT2D eigenvalue weighted by Gasteiger charge is 2.31. The van der Waals surface area contributed by atoms with Gasteiger partial charge in [0, 0.05) is 25.1 Å². The zero-order chi connectivity index (χ0) is 19.2. The molecule has 1 N–H and O–H groups in total. The topological polar surface area (TPSA) is 32.7 Å². The molecule has 1 aromatic rings. The minimum absolute atomic E-state index is 0.251. The lowest BCUT2D eigenvalue weighted by Crippen LogP contribution is -2.50. The van der Waals surface area contributed by atoms with E-state index in [2.05, 4.69) is 43.0 Å². The molecule has 150 valence electrons. The number of benzene rings is 1. The Bertz CT molecular complexity index is 612. The van der Waals surface area contributed by atoms with Gasteiger partial charge in [-0.15, -0.1) is 0 Å². The zero-order valence-electron chi connectivity index (χ0n) is 16.9. The molecule has 1 aliphatic carbocycles. The number of hydrogen-bond acceptors (Lipinski definition) is 3. The van der Waals surface area contributed by atoms with Gasteiger partial charge in [0.2, 0.25) is 0 Å². The molecule has 0 spiro atoms. The lowest BCUT2D eigenvalue weighted by Gasteiger charge is -2.42. The molecule has 1 aromatic carbocycles. The molecule has 2 aliphatic rings. The van der Waals surface area contributed by atoms with Crippen molar-refractivity contribution in [1.29, 1.82) is 0 Å². The Labute approximate surface area is 170 Å². The van der Waals surface area contributed by atoms with Crippen LogP contribution < -0.4 is 4.74 Å². The second-order valence-corrected chi connectivity index (χ2v) is 8.90. The number of rotatable bonds is 6. The molecular weight excluding hydrogens is 354 g/mol. The minimum Gasteiger partial charge on any atom is -0.486 e. The molecule has 4 heteroatoms. The van der Waals surface area contributed by atoms with Gasteiger partial charge >= 0.3 is 0 Å². The quantitative estimate of drug-likeness (QED) is 0.681. The molecule has 3 rings (SSSR count). The summed E-state index contributed by atoms with van der Waals surface area (Å²) in [6, 6.07) is 8.86. The predicted molar refractivity (Wildman–Crippen MR) is 116 cm³/mol. The molecule has 0 amide bonds. The van der Waals surface area contributed by atoms with Crippen molar-refractivity contribution in [3.8, 4) is 5.75 Å². The summed E-state index contributed by atoms with van der Waals surface area (Å²) in [6.45, 7) is 6.25. The Morgan fingerprint density at radius 2 is 1.93 bits per heavy atom. The van der Waals surface area contributed by atoms with E-state index in [0.717, 1.165) is 42.5 Å². The number of aliphatic hydroxyl groups is 1. The van der Waals surface area contributed by atoms with E-state index >= 15 is 0 Å². The van der Waals surface area contributed by atoms with Crippen LogP contribution in [0.5, 0.6) is 5.75 Å². The van der Waals surface area contributed by atoms with Crippen LogP contribution in [0.1, 0.15) is 70.3 Å². The standard InChI is InChI=1S/C23H35NO2S/c1-3-21-19(15-25)7-6-14-24(21)23(27)16-26-22-9-5-4-8-20(22)18-12-10-17(2)11-13-18/h4-5,8-9,17-19,21,25H,3,6-7,10-16H2,1-2H3. The Morgan fingerprint density at radius 1 is 1.19 bits per heavy atom. The summed E-state index contributed by atoms with van der Waals surface area (Å²) in [5.74, 6) is 2.80. The van der Waals surface area contributed by atoms with E-state index in [1.807, 2.05) is 0 Å². The van der Waals surface area contributed by atoms with Gasteiger partial charge in [0.15, 0.2) is 0 Å². The van der Waals surface area contributed by atoms with Crippen LogP contribution in [0.15, 0.2) is 24.3 Å². The number of likely N-dealkylation sites (tertiary alicyclic amines) is 1. The van der Waals surface area contributed by atoms with Gasteiger partial charge in [-0.05, 0) is 55.6 Å². The number of hydrogen-bond donors (Lipinski definition) is 1. The third kappa shape index (κ3) is 5.03. The highest BCUT2D eigenvalue weighted by molar-refractivity contribution is 7.80. The summed E-state index contributed by atoms with van der Waals surface area (Å²) in [5, 5.41) is 9.70. The van der Waals surface area contributed by atoms with Gasteiger partial charge in [-0.2, -0.15) is 0 Å². The Morgan fingerprint density at radius 3 is 2.63 bits per heavy atom. The van der Waals surface area contributed by atoms with Crippen molar-refractivity contribution in [1.82, 2.24) is 4.90 Å². The van der Waals surface area contributed by atoms with Crippen molar-refractivity contribution in [2.24, 2.45) is 11.8 Å². The van der Waals surface area contributed by atoms with Crippen LogP contribution in [0.3, 0.4) is 0 Å². The van der Waals surface area contributed by atoms with Crippen LogP contribution in [-0.2, 0) is 0 Å². The summed E-state index contributed by atoms with van der Waals surface area (Å²) >= 11 is 5.75. The molecule has 3 nitrogen and oxygen atoms in total. The minimum atomic E-state index is 0.251. The molecule has 2 unspecified atom stereocenters. The molecule has 0 aromatic heterocycles. The second kappa shape index (κ2) is 9.88. The molecule has 1 saturated heterocycles. The average molecular weight is 390 g/mol. The number of nitrogens with zero attached hydrogens (tertiary/aromatic N) is 1. The van der Waals surface area contributed by atoms with Gasteiger partial charge in [0.1, 0.15) is 17.3 Å². The normalized spacial score (nSPS) is 28.8. The van der Waals surface area contributed by atoms with Crippen LogP contribution in [-0.4, -0.2) is 40.8 Å². The predicted octanol–water partition coefficient (Wildman–Crippen LogP) is 5.17. The highest BCUT2D eigenvalue weighted by atomic mass is 32.1. The number of ether oxygens (including phenoxy) is 1. The Balaban J connectivity index is 1.63. The first kappa shape index (κ1) is 20.6. The summed E-state index contributed by atoms with van der Waals surface area (Å²) in [6.07, 6.45) is 8.35. The van der Waals surface area contributed by atoms with Crippen LogP contribution in [0.25, 0.3) is 0 Å². The van der Waals surface area contributed by atoms with E-state index in [-0.39, 0.29) is 6.61 Å². The highest BCUT2D eigenvalue weighted by Crippen LogP contribution is 2.39. The summed E-state index contributed by atoms with van der Waals surface area (Å²) in [4.78, 5) is 3.19. The van der Waals surface area contributed by atoms with Gasteiger partial charge in [-0.25, -0.2) is 0 Å². The average Bonchev–Trinajstić information content (AvgIpc) is 2.72. The Kier molecular flexibility index (Phi) is 7.54. The number of para-hydroxylation sites is 1. The van der Waals surface area contributed by atoms with Crippen molar-refractivity contribution in [2.75, 3.05) is 19.8 Å². The van der Waals surface area contributed by atoms with Crippen molar-refractivity contribution >= 4 is 17.2 Å². The maximum absolute atomic E-state index is 9.70. The van der Waals surface area contributed by atoms with Gasteiger partial charge < -0.3 is 14.7 Å². The smallest absolute Gasteiger partial charge is 0.138 e. The van der Waals surface area contributed by atoms with E-state index in [1.165, 1.54) is 31.2 Å². The summed E-state index contributed by atoms with van der Waals surface area (Å²) in [5.41, 5.74) is 1.35. The maximum Gasteiger partial charge on any atom is 0.138 e. The molecule has 0 bridgehead atoms. The van der Waals surface area contributed by atoms with E-state index in [1.54, 1.807) is 0 Å². The molecule has 1 aliphatic heterocycles. The number of aliphatic hydroxyl groups excluding tert-OH is 1. The van der Waals surface area contributed by atoms with Crippen molar-refractivity contribution in [2.45, 2.75) is 70.8 Å². The van der Waals surface area contributed by atoms with Gasteiger partial charge in [0.25, 0.3) is 0 Å². The van der Waals surface area contributed by atoms with Crippen LogP contribution in [0, 0.1) is 11.8 Å². The third-order valence-electron chi connectivity index (χ3n) is 6.62. The molecule has 2 fully saturated rings. The zero-order valence-corrected chi connectivity index (χ0v) is 17.7. The monoisotopic (exact) mass is 389 g/mol. The lowest BCUT2D eigenvalue weighted by molar-refractivity contribution is 0.0975. The summed E-state index contributed by atoms with van der Waals surface area (Å²) < 4.78 is 6.25. The fourth-order valence-electron chi connectivity index (χ4n) is 4.96. The van der Waals surface area contributed by atoms with E-state index < -0.39 is 0 Å². The fourth-order valence-corrected chi connectivity index (χ4v) is 5.24. The van der Waals surface area contributed by atoms with Crippen molar-refractivity contribution < 1.29 is 9.84 Å². The van der Waals surface area contributed by atoms with Crippen molar-refractivity contribution in [3.63, 3.8) is 0 Å². The van der Waals surface area contributed by atoms with Crippen LogP contribution in [0.4, 0.5) is 0 Å². The maximum atomic E-state index is 9.70. The fraction of sp³-hybridized carbons (Fsp3) is 0.696. The molecule has 1 heterocycles. The number of piperidine rings is 1. The van der Waals surface area contributed by atoms with Gasteiger partial charge in [0.05, 0.1) is 0 Å². The molecular formula is C23H35NO2S. The van der Waals surface area contributed by atoms with Crippen molar-refractivity contribution in [3.05, 3.63) is 29.8 Å². The molecule has 1 saturated carbocycles. The first-order valence-electron chi connectivity index (χ1n) is 10.8. The molecule has 27 heavy (non-hydrogen) atoms. The molecule has 2 atom stereocenters. The second-order valence-electron chi connectivity index (χ2n) is 8.43. The van der Waals surface area contributed by atoms with Crippen LogP contribution >= 0.6 is 12.2 Å². The van der Waals surface area contributed by atoms with Gasteiger partial charge in [-0.1, -0.05) is 57.1 Å². The van der Waals surface area contributed by atoms with E-state index in [4.69, 9.17) is 17.0 Å². The Hall–Kier alpha value is -1.13. The van der Waals surface area contributed by atoms with E-state index in [0.29, 0.717) is 24.5 Å². The first-order valence-corrected chi connectivity index (χ1v) is 11.2. The summed E-state index contributed by atoms with van der Waals surface area (Å²) in [7, 11) is 0. The van der Waals surface area contributed by atoms with Gasteiger partial charge in [-0.3, -0.25) is 0 Å². The molecule has 0 radical (unpaired) electrons. The number of thiocarbonyl (C=S) groups is 1. The third-order valence-corrected chi connectivity index (χ3v) is 6.97. The lowest BCUT2D eigenvalue weighted by atomic mass is 9.79. The van der Waals surface area contributed by atoms with Crippen LogP contribution in [0.2, 0.25) is 0 Å². The first-order chi connectivity index (χ1) is 13.1. The largest absolute Gasteiger partial charge is 0.486 e.